The molecule has 0 radical (unpaired) electrons. The van der Waals surface area contributed by atoms with Crippen molar-refractivity contribution in [3.63, 3.8) is 0 Å². The summed E-state index contributed by atoms with van der Waals surface area (Å²) < 4.78 is 10.9. The molecule has 2 N–H and O–H groups in total. The number of ether oxygens (including phenoxy) is 1. The Morgan fingerprint density at radius 2 is 1.84 bits per heavy atom. The summed E-state index contributed by atoms with van der Waals surface area (Å²) in [6.45, 7) is 2.67. The van der Waals surface area contributed by atoms with Crippen molar-refractivity contribution in [3.8, 4) is 5.75 Å². The first-order chi connectivity index (χ1) is 15.1. The number of aromatic nitrogens is 1. The molecule has 1 aromatic heterocycles. The number of carbonyl (C=O) groups excluding carboxylic acids is 2. The first kappa shape index (κ1) is 22.1. The Labute approximate surface area is 181 Å². The first-order valence-corrected chi connectivity index (χ1v) is 10.4. The maximum Gasteiger partial charge on any atom is 0.273 e. The van der Waals surface area contributed by atoms with Crippen molar-refractivity contribution in [1.29, 1.82) is 0 Å². The zero-order valence-electron chi connectivity index (χ0n) is 17.6. The molecule has 0 aliphatic heterocycles. The quantitative estimate of drug-likeness (QED) is 0.449. The molecular weight excluding hydrogens is 394 g/mol. The third-order valence-electron chi connectivity index (χ3n) is 4.56. The number of benzene rings is 2. The van der Waals surface area contributed by atoms with Crippen LogP contribution in [0.3, 0.4) is 0 Å². The lowest BCUT2D eigenvalue weighted by atomic mass is 10.1. The molecule has 0 bridgehead atoms. The molecule has 0 atom stereocenters. The standard InChI is InChI=1S/C24H27N3O4/c1-2-7-23(28)26-19-11-13-20(14-12-19)30-17-21-16-22(27-31-21)24(29)25-15-6-10-18-8-4-3-5-9-18/h3-5,8-9,11-14,16H,2,6-7,10,15,17H2,1H3,(H,25,29)(H,26,28). The van der Waals surface area contributed by atoms with Crippen LogP contribution in [-0.2, 0) is 17.8 Å². The minimum absolute atomic E-state index is 0.0105. The van der Waals surface area contributed by atoms with Crippen LogP contribution in [0, 0.1) is 0 Å². The summed E-state index contributed by atoms with van der Waals surface area (Å²) >= 11 is 0. The molecule has 0 fully saturated rings. The molecule has 2 aromatic carbocycles. The van der Waals surface area contributed by atoms with E-state index in [9.17, 15) is 9.59 Å². The van der Waals surface area contributed by atoms with Crippen LogP contribution in [0.5, 0.6) is 5.75 Å². The zero-order valence-corrected chi connectivity index (χ0v) is 17.6. The van der Waals surface area contributed by atoms with E-state index in [1.807, 2.05) is 25.1 Å². The molecule has 0 aliphatic rings. The molecule has 7 heteroatoms. The summed E-state index contributed by atoms with van der Waals surface area (Å²) in [5.41, 5.74) is 2.19. The van der Waals surface area contributed by atoms with Gasteiger partial charge in [-0.05, 0) is 49.1 Å². The Hall–Kier alpha value is -3.61. The van der Waals surface area contributed by atoms with Crippen molar-refractivity contribution in [2.24, 2.45) is 0 Å². The average molecular weight is 421 g/mol. The van der Waals surface area contributed by atoms with Crippen LogP contribution >= 0.6 is 0 Å². The first-order valence-electron chi connectivity index (χ1n) is 10.4. The fourth-order valence-corrected chi connectivity index (χ4v) is 2.96. The molecule has 31 heavy (non-hydrogen) atoms. The smallest absolute Gasteiger partial charge is 0.273 e. The van der Waals surface area contributed by atoms with Crippen molar-refractivity contribution >= 4 is 17.5 Å². The third-order valence-corrected chi connectivity index (χ3v) is 4.56. The van der Waals surface area contributed by atoms with Crippen molar-refractivity contribution in [3.05, 3.63) is 77.7 Å². The predicted octanol–water partition coefficient (Wildman–Crippen LogP) is 4.35. The Kier molecular flexibility index (Phi) is 8.22. The van der Waals surface area contributed by atoms with Gasteiger partial charge in [-0.1, -0.05) is 42.4 Å². The van der Waals surface area contributed by atoms with Crippen LogP contribution in [0.15, 0.2) is 65.2 Å². The molecule has 7 nitrogen and oxygen atoms in total. The summed E-state index contributed by atoms with van der Waals surface area (Å²) in [5, 5.41) is 9.49. The lowest BCUT2D eigenvalue weighted by Gasteiger charge is -2.07. The number of hydrogen-bond acceptors (Lipinski definition) is 5. The lowest BCUT2D eigenvalue weighted by molar-refractivity contribution is -0.116. The third kappa shape index (κ3) is 7.29. The highest BCUT2D eigenvalue weighted by molar-refractivity contribution is 5.92. The number of nitrogens with zero attached hydrogens (tertiary/aromatic N) is 1. The highest BCUT2D eigenvalue weighted by Crippen LogP contribution is 2.17. The van der Waals surface area contributed by atoms with E-state index >= 15 is 0 Å². The monoisotopic (exact) mass is 421 g/mol. The number of carbonyl (C=O) groups is 2. The van der Waals surface area contributed by atoms with Gasteiger partial charge in [0.2, 0.25) is 5.91 Å². The van der Waals surface area contributed by atoms with Gasteiger partial charge in [0.05, 0.1) is 0 Å². The Balaban J connectivity index is 1.40. The predicted molar refractivity (Wildman–Crippen MR) is 118 cm³/mol. The maximum atomic E-state index is 12.2. The number of rotatable bonds is 11. The molecule has 3 rings (SSSR count). The SMILES string of the molecule is CCCC(=O)Nc1ccc(OCc2cc(C(=O)NCCCc3ccccc3)no2)cc1. The molecule has 0 aliphatic carbocycles. The van der Waals surface area contributed by atoms with Gasteiger partial charge in [-0.25, -0.2) is 0 Å². The molecule has 0 unspecified atom stereocenters. The van der Waals surface area contributed by atoms with Gasteiger partial charge in [0.15, 0.2) is 11.5 Å². The normalized spacial score (nSPS) is 10.5. The van der Waals surface area contributed by atoms with Crippen LogP contribution < -0.4 is 15.4 Å². The summed E-state index contributed by atoms with van der Waals surface area (Å²) in [7, 11) is 0. The van der Waals surface area contributed by atoms with E-state index in [-0.39, 0.29) is 24.1 Å². The van der Waals surface area contributed by atoms with E-state index in [4.69, 9.17) is 9.26 Å². The molecule has 1 heterocycles. The average Bonchev–Trinajstić information content (AvgIpc) is 3.26. The summed E-state index contributed by atoms with van der Waals surface area (Å²) in [5.74, 6) is 0.797. The fourth-order valence-electron chi connectivity index (χ4n) is 2.96. The number of amides is 2. The summed E-state index contributed by atoms with van der Waals surface area (Å²) in [6, 6.07) is 18.8. The number of nitrogens with one attached hydrogen (secondary N) is 2. The van der Waals surface area contributed by atoms with E-state index in [1.165, 1.54) is 5.56 Å². The molecule has 162 valence electrons. The second-order valence-corrected chi connectivity index (χ2v) is 7.13. The molecule has 0 saturated heterocycles. The van der Waals surface area contributed by atoms with Crippen molar-refractivity contribution in [1.82, 2.24) is 10.5 Å². The van der Waals surface area contributed by atoms with Crippen molar-refractivity contribution in [2.45, 2.75) is 39.2 Å². The largest absolute Gasteiger partial charge is 0.486 e. The van der Waals surface area contributed by atoms with E-state index in [0.717, 1.165) is 24.9 Å². The summed E-state index contributed by atoms with van der Waals surface area (Å²) in [4.78, 5) is 23.8. The van der Waals surface area contributed by atoms with Gasteiger partial charge in [0.25, 0.3) is 5.91 Å². The molecular formula is C24H27N3O4. The van der Waals surface area contributed by atoms with Gasteiger partial charge in [-0.2, -0.15) is 0 Å². The second-order valence-electron chi connectivity index (χ2n) is 7.13. The number of anilines is 1. The minimum Gasteiger partial charge on any atom is -0.486 e. The lowest BCUT2D eigenvalue weighted by Crippen LogP contribution is -2.25. The van der Waals surface area contributed by atoms with Gasteiger partial charge in [0, 0.05) is 24.7 Å². The second kappa shape index (κ2) is 11.5. The number of aryl methyl sites for hydroxylation is 1. The van der Waals surface area contributed by atoms with Crippen molar-refractivity contribution < 1.29 is 18.8 Å². The van der Waals surface area contributed by atoms with Crippen LogP contribution in [0.2, 0.25) is 0 Å². The topological polar surface area (TPSA) is 93.5 Å². The zero-order chi connectivity index (χ0) is 21.9. The number of hydrogen-bond donors (Lipinski definition) is 2. The molecule has 0 spiro atoms. The van der Waals surface area contributed by atoms with Gasteiger partial charge in [-0.15, -0.1) is 0 Å². The summed E-state index contributed by atoms with van der Waals surface area (Å²) in [6.07, 6.45) is 3.04. The van der Waals surface area contributed by atoms with Gasteiger partial charge in [-0.3, -0.25) is 9.59 Å². The molecule has 3 aromatic rings. The van der Waals surface area contributed by atoms with Crippen LogP contribution in [0.25, 0.3) is 0 Å². The minimum atomic E-state index is -0.268. The highest BCUT2D eigenvalue weighted by Gasteiger charge is 2.12. The van der Waals surface area contributed by atoms with Crippen LogP contribution in [0.4, 0.5) is 5.69 Å². The van der Waals surface area contributed by atoms with E-state index in [2.05, 4.69) is 27.9 Å². The van der Waals surface area contributed by atoms with E-state index in [1.54, 1.807) is 30.3 Å². The Morgan fingerprint density at radius 1 is 1.06 bits per heavy atom. The van der Waals surface area contributed by atoms with E-state index < -0.39 is 0 Å². The highest BCUT2D eigenvalue weighted by atomic mass is 16.5. The van der Waals surface area contributed by atoms with E-state index in [0.29, 0.717) is 24.5 Å². The van der Waals surface area contributed by atoms with Gasteiger partial charge in [0.1, 0.15) is 12.4 Å². The van der Waals surface area contributed by atoms with Gasteiger partial charge >= 0.3 is 0 Å². The van der Waals surface area contributed by atoms with Crippen molar-refractivity contribution in [2.75, 3.05) is 11.9 Å². The molecule has 2 amide bonds. The van der Waals surface area contributed by atoms with Crippen LogP contribution in [0.1, 0.15) is 48.0 Å². The Morgan fingerprint density at radius 3 is 2.58 bits per heavy atom. The molecule has 0 saturated carbocycles. The van der Waals surface area contributed by atoms with Crippen LogP contribution in [-0.4, -0.2) is 23.5 Å². The fraction of sp³-hybridized carbons (Fsp3) is 0.292. The maximum absolute atomic E-state index is 12.2. The Bertz CT molecular complexity index is 968. The van der Waals surface area contributed by atoms with Gasteiger partial charge < -0.3 is 19.9 Å².